The molecule has 1 aromatic rings. The summed E-state index contributed by atoms with van der Waals surface area (Å²) in [6.45, 7) is 1.60. The maximum Gasteiger partial charge on any atom is 0.291 e. The highest BCUT2D eigenvalue weighted by molar-refractivity contribution is 7.80. The molecule has 5 heteroatoms. The van der Waals surface area contributed by atoms with E-state index in [9.17, 15) is 10.1 Å². The summed E-state index contributed by atoms with van der Waals surface area (Å²) in [6, 6.07) is 1.44. The van der Waals surface area contributed by atoms with Gasteiger partial charge in [0.25, 0.3) is 5.69 Å². The Kier molecular flexibility index (Phi) is 4.13. The molecule has 0 bridgehead atoms. The highest BCUT2D eigenvalue weighted by atomic mass is 32.1. The summed E-state index contributed by atoms with van der Waals surface area (Å²) in [5.74, 6) is 6.33. The minimum Gasteiger partial charge on any atom is -0.258 e. The lowest BCUT2D eigenvalue weighted by atomic mass is 10.2. The molecule has 0 radical (unpaired) electrons. The summed E-state index contributed by atoms with van der Waals surface area (Å²) in [6.07, 6.45) is 2.19. The lowest BCUT2D eigenvalue weighted by Crippen LogP contribution is -1.94. The Bertz CT molecular complexity index is 435. The fourth-order valence-corrected chi connectivity index (χ4v) is 1.11. The second-order valence-electron chi connectivity index (χ2n) is 2.86. The Labute approximate surface area is 93.3 Å². The van der Waals surface area contributed by atoms with Gasteiger partial charge in [-0.05, 0) is 6.92 Å². The molecule has 0 saturated carbocycles. The van der Waals surface area contributed by atoms with Gasteiger partial charge in [0.2, 0.25) is 0 Å². The van der Waals surface area contributed by atoms with Crippen LogP contribution in [0.5, 0.6) is 0 Å². The van der Waals surface area contributed by atoms with Crippen LogP contribution in [0.15, 0.2) is 12.3 Å². The number of aryl methyl sites for hydroxylation is 1. The van der Waals surface area contributed by atoms with Gasteiger partial charge in [0.05, 0.1) is 4.92 Å². The van der Waals surface area contributed by atoms with Crippen molar-refractivity contribution in [3.8, 4) is 11.8 Å². The van der Waals surface area contributed by atoms with Crippen molar-refractivity contribution in [2.45, 2.75) is 13.3 Å². The van der Waals surface area contributed by atoms with Crippen LogP contribution in [0, 0.1) is 28.9 Å². The lowest BCUT2D eigenvalue weighted by molar-refractivity contribution is -0.385. The molecule has 4 nitrogen and oxygen atoms in total. The molecule has 0 saturated heterocycles. The summed E-state index contributed by atoms with van der Waals surface area (Å²) in [7, 11) is 0. The zero-order valence-electron chi connectivity index (χ0n) is 8.23. The Morgan fingerprint density at radius 2 is 2.40 bits per heavy atom. The second-order valence-corrected chi connectivity index (χ2v) is 3.31. The number of rotatable bonds is 2. The molecule has 0 amide bonds. The number of hydrogen-bond donors (Lipinski definition) is 1. The van der Waals surface area contributed by atoms with Crippen LogP contribution in [-0.4, -0.2) is 15.7 Å². The van der Waals surface area contributed by atoms with Gasteiger partial charge < -0.3 is 0 Å². The molecule has 15 heavy (non-hydrogen) atoms. The normalized spacial score (nSPS) is 9.20. The molecule has 0 aliphatic rings. The van der Waals surface area contributed by atoms with E-state index in [2.05, 4.69) is 29.5 Å². The van der Waals surface area contributed by atoms with E-state index in [0.29, 0.717) is 23.4 Å². The van der Waals surface area contributed by atoms with E-state index in [1.807, 2.05) is 0 Å². The third kappa shape index (κ3) is 3.26. The van der Waals surface area contributed by atoms with Crippen LogP contribution in [-0.2, 0) is 0 Å². The zero-order chi connectivity index (χ0) is 11.3. The number of nitro groups is 1. The predicted molar refractivity (Wildman–Crippen MR) is 61.0 cm³/mol. The molecule has 0 N–H and O–H groups in total. The number of thiol groups is 1. The van der Waals surface area contributed by atoms with Gasteiger partial charge in [-0.1, -0.05) is 11.8 Å². The fraction of sp³-hybridized carbons (Fsp3) is 0.300. The van der Waals surface area contributed by atoms with Crippen LogP contribution in [0.3, 0.4) is 0 Å². The van der Waals surface area contributed by atoms with E-state index in [1.54, 1.807) is 6.92 Å². The van der Waals surface area contributed by atoms with Gasteiger partial charge in [-0.25, -0.2) is 0 Å². The minimum atomic E-state index is -0.452. The molecule has 0 aromatic carbocycles. The van der Waals surface area contributed by atoms with Crippen LogP contribution in [0.25, 0.3) is 0 Å². The van der Waals surface area contributed by atoms with Gasteiger partial charge in [-0.2, -0.15) is 12.6 Å². The first-order chi connectivity index (χ1) is 7.15. The summed E-state index contributed by atoms with van der Waals surface area (Å²) >= 11 is 4.01. The van der Waals surface area contributed by atoms with Crippen LogP contribution in [0.4, 0.5) is 5.69 Å². The molecule has 78 valence electrons. The topological polar surface area (TPSA) is 56.0 Å². The van der Waals surface area contributed by atoms with Crippen molar-refractivity contribution in [3.05, 3.63) is 33.6 Å². The number of aromatic nitrogens is 1. The SMILES string of the molecule is Cc1ncc(C#CCCS)cc1[N+](=O)[O-]. The van der Waals surface area contributed by atoms with E-state index >= 15 is 0 Å². The van der Waals surface area contributed by atoms with Gasteiger partial charge in [0.15, 0.2) is 0 Å². The molecule has 0 atom stereocenters. The van der Waals surface area contributed by atoms with E-state index in [4.69, 9.17) is 0 Å². The van der Waals surface area contributed by atoms with Gasteiger partial charge in [-0.3, -0.25) is 15.1 Å². The van der Waals surface area contributed by atoms with Crippen LogP contribution in [0.1, 0.15) is 17.7 Å². The van der Waals surface area contributed by atoms with Gasteiger partial charge in [0.1, 0.15) is 5.69 Å². The average molecular weight is 222 g/mol. The molecule has 1 rings (SSSR count). The maximum atomic E-state index is 10.6. The molecule has 0 aliphatic heterocycles. The van der Waals surface area contributed by atoms with E-state index < -0.39 is 4.92 Å². The fourth-order valence-electron chi connectivity index (χ4n) is 0.995. The monoisotopic (exact) mass is 222 g/mol. The second kappa shape index (κ2) is 5.37. The van der Waals surface area contributed by atoms with Crippen molar-refractivity contribution in [2.75, 3.05) is 5.75 Å². The van der Waals surface area contributed by atoms with Crippen molar-refractivity contribution >= 4 is 18.3 Å². The van der Waals surface area contributed by atoms with Gasteiger partial charge >= 0.3 is 0 Å². The largest absolute Gasteiger partial charge is 0.291 e. The third-order valence-electron chi connectivity index (χ3n) is 1.73. The van der Waals surface area contributed by atoms with Crippen molar-refractivity contribution in [3.63, 3.8) is 0 Å². The molecular formula is C10H10N2O2S. The quantitative estimate of drug-likeness (QED) is 0.360. The standard InChI is InChI=1S/C10H10N2O2S/c1-8-10(12(13)14)6-9(7-11-8)4-2-3-5-15/h6-7,15H,3,5H2,1H3. The van der Waals surface area contributed by atoms with Crippen molar-refractivity contribution < 1.29 is 4.92 Å². The third-order valence-corrected chi connectivity index (χ3v) is 1.95. The first-order valence-corrected chi connectivity index (χ1v) is 4.99. The molecule has 0 fully saturated rings. The summed E-state index contributed by atoms with van der Waals surface area (Å²) < 4.78 is 0. The molecule has 0 aliphatic carbocycles. The Morgan fingerprint density at radius 1 is 1.67 bits per heavy atom. The Hall–Kier alpha value is -1.54. The number of hydrogen-bond acceptors (Lipinski definition) is 4. The van der Waals surface area contributed by atoms with Crippen molar-refractivity contribution in [2.24, 2.45) is 0 Å². The van der Waals surface area contributed by atoms with Crippen molar-refractivity contribution in [1.29, 1.82) is 0 Å². The summed E-state index contributed by atoms with van der Waals surface area (Å²) in [4.78, 5) is 14.1. The summed E-state index contributed by atoms with van der Waals surface area (Å²) in [5, 5.41) is 10.6. The van der Waals surface area contributed by atoms with Crippen LogP contribution in [0.2, 0.25) is 0 Å². The minimum absolute atomic E-state index is 0.00711. The van der Waals surface area contributed by atoms with E-state index in [1.165, 1.54) is 12.3 Å². The number of pyridine rings is 1. The predicted octanol–water partition coefficient (Wildman–Crippen LogP) is 1.97. The molecule has 0 unspecified atom stereocenters. The first kappa shape index (κ1) is 11.5. The van der Waals surface area contributed by atoms with E-state index in [-0.39, 0.29) is 5.69 Å². The first-order valence-electron chi connectivity index (χ1n) is 4.36. The Morgan fingerprint density at radius 3 is 3.00 bits per heavy atom. The van der Waals surface area contributed by atoms with E-state index in [0.717, 1.165) is 0 Å². The molecule has 0 spiro atoms. The highest BCUT2D eigenvalue weighted by Crippen LogP contribution is 2.15. The number of nitrogens with zero attached hydrogens (tertiary/aromatic N) is 2. The van der Waals surface area contributed by atoms with Crippen molar-refractivity contribution in [1.82, 2.24) is 4.98 Å². The summed E-state index contributed by atoms with van der Waals surface area (Å²) in [5.41, 5.74) is 0.974. The smallest absolute Gasteiger partial charge is 0.258 e. The average Bonchev–Trinajstić information content (AvgIpc) is 2.20. The van der Waals surface area contributed by atoms with Crippen LogP contribution >= 0.6 is 12.6 Å². The maximum absolute atomic E-state index is 10.6. The molecular weight excluding hydrogens is 212 g/mol. The molecule has 1 aromatic heterocycles. The highest BCUT2D eigenvalue weighted by Gasteiger charge is 2.11. The zero-order valence-corrected chi connectivity index (χ0v) is 9.12. The van der Waals surface area contributed by atoms with Crippen LogP contribution < -0.4 is 0 Å². The van der Waals surface area contributed by atoms with Gasteiger partial charge in [0, 0.05) is 30.0 Å². The Balaban J connectivity index is 2.99. The lowest BCUT2D eigenvalue weighted by Gasteiger charge is -1.95. The van der Waals surface area contributed by atoms with Gasteiger partial charge in [-0.15, -0.1) is 0 Å². The molecule has 1 heterocycles.